The fourth-order valence-corrected chi connectivity index (χ4v) is 7.28. The zero-order chi connectivity index (χ0) is 24.7. The van der Waals surface area contributed by atoms with Crippen molar-refractivity contribution in [2.24, 2.45) is 0 Å². The summed E-state index contributed by atoms with van der Waals surface area (Å²) in [5, 5.41) is 11.6. The van der Waals surface area contributed by atoms with Crippen LogP contribution >= 0.6 is 11.3 Å². The standard InChI is InChI=1S/C29H43NO2S2/c1-3-5-7-8-9-12-22-34(31,32)28(18-6-4-2)19-11-10-15-27(24-30)25-16-13-17-26(23-25)29-20-14-21-33-29/h13-14,16-17,20-21,23,27-28H,3-12,15,18-19,22H2,1-2H3. The van der Waals surface area contributed by atoms with Crippen LogP contribution in [0.2, 0.25) is 0 Å². The molecule has 2 aromatic rings. The number of hydrogen-bond acceptors (Lipinski definition) is 4. The summed E-state index contributed by atoms with van der Waals surface area (Å²) in [6.07, 6.45) is 12.7. The molecule has 0 amide bonds. The third kappa shape index (κ3) is 9.92. The van der Waals surface area contributed by atoms with E-state index >= 15 is 0 Å². The minimum atomic E-state index is -3.04. The first-order valence-electron chi connectivity index (χ1n) is 13.3. The largest absolute Gasteiger partial charge is 0.229 e. The van der Waals surface area contributed by atoms with Gasteiger partial charge in [-0.2, -0.15) is 5.26 Å². The number of thiophene rings is 1. The maximum Gasteiger partial charge on any atom is 0.153 e. The van der Waals surface area contributed by atoms with Gasteiger partial charge in [-0.1, -0.05) is 95.9 Å². The SMILES string of the molecule is CCCCCCCCS(=O)(=O)C(CCCC)CCCCC(C#N)c1cccc(-c2cccs2)c1. The molecule has 2 atom stereocenters. The topological polar surface area (TPSA) is 57.9 Å². The summed E-state index contributed by atoms with van der Waals surface area (Å²) in [5.41, 5.74) is 2.22. The van der Waals surface area contributed by atoms with E-state index in [1.165, 1.54) is 24.1 Å². The van der Waals surface area contributed by atoms with E-state index in [-0.39, 0.29) is 11.2 Å². The second-order valence-electron chi connectivity index (χ2n) is 9.47. The lowest BCUT2D eigenvalue weighted by atomic mass is 9.92. The number of nitrogens with zero attached hydrogens (tertiary/aromatic N) is 1. The molecule has 0 fully saturated rings. The number of sulfone groups is 1. The van der Waals surface area contributed by atoms with Gasteiger partial charge in [0, 0.05) is 4.88 Å². The molecule has 0 saturated carbocycles. The van der Waals surface area contributed by atoms with Gasteiger partial charge >= 0.3 is 0 Å². The average Bonchev–Trinajstić information content (AvgIpc) is 3.38. The molecule has 3 nitrogen and oxygen atoms in total. The minimum absolute atomic E-state index is 0.145. The summed E-state index contributed by atoms with van der Waals surface area (Å²) in [7, 11) is -3.04. The van der Waals surface area contributed by atoms with Crippen LogP contribution in [0, 0.1) is 11.3 Å². The summed E-state index contributed by atoms with van der Waals surface area (Å²) < 4.78 is 26.1. The molecule has 2 rings (SSSR count). The van der Waals surface area contributed by atoms with Gasteiger partial charge in [0.15, 0.2) is 9.84 Å². The highest BCUT2D eigenvalue weighted by Crippen LogP contribution is 2.30. The van der Waals surface area contributed by atoms with E-state index in [1.807, 2.05) is 18.2 Å². The van der Waals surface area contributed by atoms with Gasteiger partial charge in [0.05, 0.1) is 23.0 Å². The van der Waals surface area contributed by atoms with Crippen LogP contribution in [-0.2, 0) is 9.84 Å². The molecule has 1 heterocycles. The molecule has 0 N–H and O–H groups in total. The molecule has 2 unspecified atom stereocenters. The molecule has 0 aliphatic carbocycles. The lowest BCUT2D eigenvalue weighted by Crippen LogP contribution is -2.24. The van der Waals surface area contributed by atoms with Crippen molar-refractivity contribution in [3.8, 4) is 16.5 Å². The molecule has 1 aromatic carbocycles. The maximum absolute atomic E-state index is 13.0. The zero-order valence-electron chi connectivity index (χ0n) is 21.2. The van der Waals surface area contributed by atoms with E-state index in [1.54, 1.807) is 11.3 Å². The first kappa shape index (κ1) is 28.6. The van der Waals surface area contributed by atoms with Gasteiger partial charge in [-0.25, -0.2) is 8.42 Å². The fraction of sp³-hybridized carbons (Fsp3) is 0.621. The van der Waals surface area contributed by atoms with Crippen molar-refractivity contribution in [2.75, 3.05) is 5.75 Å². The monoisotopic (exact) mass is 501 g/mol. The highest BCUT2D eigenvalue weighted by molar-refractivity contribution is 7.92. The maximum atomic E-state index is 13.0. The van der Waals surface area contributed by atoms with Crippen molar-refractivity contribution in [3.05, 3.63) is 47.3 Å². The number of hydrogen-bond donors (Lipinski definition) is 0. The Hall–Kier alpha value is -1.64. The van der Waals surface area contributed by atoms with Crippen LogP contribution in [-0.4, -0.2) is 19.4 Å². The predicted octanol–water partition coefficient (Wildman–Crippen LogP) is 8.92. The second-order valence-corrected chi connectivity index (χ2v) is 12.8. The van der Waals surface area contributed by atoms with Crippen LogP contribution in [0.5, 0.6) is 0 Å². The van der Waals surface area contributed by atoms with Gasteiger partial charge in [-0.05, 0) is 54.3 Å². The van der Waals surface area contributed by atoms with Crippen molar-refractivity contribution in [1.82, 2.24) is 0 Å². The molecule has 0 radical (unpaired) electrons. The predicted molar refractivity (Wildman–Crippen MR) is 147 cm³/mol. The van der Waals surface area contributed by atoms with Crippen LogP contribution in [0.1, 0.15) is 109 Å². The molecule has 0 spiro atoms. The number of nitriles is 1. The molecule has 188 valence electrons. The summed E-state index contributed by atoms with van der Waals surface area (Å²) in [4.78, 5) is 1.22. The average molecular weight is 502 g/mol. The molecule has 1 aromatic heterocycles. The van der Waals surface area contributed by atoms with Gasteiger partial charge in [-0.15, -0.1) is 11.3 Å². The third-order valence-corrected chi connectivity index (χ3v) is 9.95. The Morgan fingerprint density at radius 1 is 0.853 bits per heavy atom. The van der Waals surface area contributed by atoms with Gasteiger partial charge < -0.3 is 0 Å². The van der Waals surface area contributed by atoms with Gasteiger partial charge in [0.25, 0.3) is 0 Å². The van der Waals surface area contributed by atoms with Crippen LogP contribution in [0.3, 0.4) is 0 Å². The summed E-state index contributed by atoms with van der Waals surface area (Å²) >= 11 is 1.71. The second kappa shape index (κ2) is 16.1. The molecule has 5 heteroatoms. The molecule has 0 aliphatic rings. The fourth-order valence-electron chi connectivity index (χ4n) is 4.56. The van der Waals surface area contributed by atoms with Crippen LogP contribution in [0.4, 0.5) is 0 Å². The number of benzene rings is 1. The molecular weight excluding hydrogens is 458 g/mol. The summed E-state index contributed by atoms with van der Waals surface area (Å²) in [6, 6.07) is 14.9. The van der Waals surface area contributed by atoms with Crippen LogP contribution < -0.4 is 0 Å². The molecular formula is C29H43NO2S2. The highest BCUT2D eigenvalue weighted by Gasteiger charge is 2.24. The first-order chi connectivity index (χ1) is 16.5. The van der Waals surface area contributed by atoms with E-state index in [0.717, 1.165) is 75.3 Å². The molecule has 0 bridgehead atoms. The van der Waals surface area contributed by atoms with Crippen LogP contribution in [0.25, 0.3) is 10.4 Å². The van der Waals surface area contributed by atoms with E-state index in [0.29, 0.717) is 5.75 Å². The summed E-state index contributed by atoms with van der Waals surface area (Å²) in [6.45, 7) is 4.32. The normalized spacial score (nSPS) is 13.4. The Balaban J connectivity index is 1.86. The Kier molecular flexibility index (Phi) is 13.5. The Morgan fingerprint density at radius 2 is 1.56 bits per heavy atom. The smallest absolute Gasteiger partial charge is 0.153 e. The molecule has 34 heavy (non-hydrogen) atoms. The van der Waals surface area contributed by atoms with Crippen molar-refractivity contribution >= 4 is 21.2 Å². The van der Waals surface area contributed by atoms with E-state index in [9.17, 15) is 13.7 Å². The summed E-state index contributed by atoms with van der Waals surface area (Å²) in [5.74, 6) is 0.192. The van der Waals surface area contributed by atoms with Crippen molar-refractivity contribution in [3.63, 3.8) is 0 Å². The molecule has 0 aliphatic heterocycles. The Bertz CT molecular complexity index is 945. The van der Waals surface area contributed by atoms with E-state index in [2.05, 4.69) is 43.5 Å². The first-order valence-corrected chi connectivity index (χ1v) is 15.9. The number of rotatable bonds is 18. The Labute approximate surface area is 212 Å². The molecule has 0 saturated heterocycles. The quantitative estimate of drug-likeness (QED) is 0.192. The van der Waals surface area contributed by atoms with Gasteiger partial charge in [-0.3, -0.25) is 0 Å². The van der Waals surface area contributed by atoms with E-state index < -0.39 is 9.84 Å². The van der Waals surface area contributed by atoms with Gasteiger partial charge in [0.1, 0.15) is 0 Å². The number of unbranched alkanes of at least 4 members (excludes halogenated alkanes) is 7. The van der Waals surface area contributed by atoms with Gasteiger partial charge in [0.2, 0.25) is 0 Å². The Morgan fingerprint density at radius 3 is 2.26 bits per heavy atom. The van der Waals surface area contributed by atoms with Crippen molar-refractivity contribution in [1.29, 1.82) is 5.26 Å². The van der Waals surface area contributed by atoms with Crippen molar-refractivity contribution < 1.29 is 8.42 Å². The highest BCUT2D eigenvalue weighted by atomic mass is 32.2. The zero-order valence-corrected chi connectivity index (χ0v) is 22.8. The van der Waals surface area contributed by atoms with Crippen molar-refractivity contribution in [2.45, 2.75) is 108 Å². The van der Waals surface area contributed by atoms with E-state index in [4.69, 9.17) is 0 Å². The van der Waals surface area contributed by atoms with Crippen LogP contribution in [0.15, 0.2) is 41.8 Å². The third-order valence-electron chi connectivity index (χ3n) is 6.69. The minimum Gasteiger partial charge on any atom is -0.229 e. The lowest BCUT2D eigenvalue weighted by molar-refractivity contribution is 0.524. The lowest BCUT2D eigenvalue weighted by Gasteiger charge is -2.18.